The Hall–Kier alpha value is -0.540. The van der Waals surface area contributed by atoms with Crippen LogP contribution >= 0.6 is 22.9 Å². The van der Waals surface area contributed by atoms with Crippen LogP contribution in [-0.2, 0) is 0 Å². The summed E-state index contributed by atoms with van der Waals surface area (Å²) in [7, 11) is 0. The van der Waals surface area contributed by atoms with Crippen LogP contribution in [0.4, 0.5) is 0 Å². The number of thiophene rings is 1. The molecule has 1 fully saturated rings. The van der Waals surface area contributed by atoms with Crippen molar-refractivity contribution in [3.63, 3.8) is 0 Å². The molecular formula is C9H10ClNOS. The van der Waals surface area contributed by atoms with Gasteiger partial charge in [0, 0.05) is 6.04 Å². The summed E-state index contributed by atoms with van der Waals surface area (Å²) in [5, 5.41) is 2.96. The molecule has 1 aliphatic rings. The van der Waals surface area contributed by atoms with Gasteiger partial charge < -0.3 is 5.32 Å². The molecule has 0 unspecified atom stereocenters. The minimum atomic E-state index is 0.0154. The number of hydrogen-bond acceptors (Lipinski definition) is 2. The van der Waals surface area contributed by atoms with Gasteiger partial charge in [-0.1, -0.05) is 11.6 Å². The van der Waals surface area contributed by atoms with Crippen molar-refractivity contribution in [2.45, 2.75) is 25.3 Å². The lowest BCUT2D eigenvalue weighted by Crippen LogP contribution is -2.39. The van der Waals surface area contributed by atoms with Crippen molar-refractivity contribution in [1.82, 2.24) is 5.32 Å². The molecule has 0 radical (unpaired) electrons. The second-order valence-electron chi connectivity index (χ2n) is 3.21. The van der Waals surface area contributed by atoms with Crippen molar-refractivity contribution in [3.05, 3.63) is 21.3 Å². The number of hydrogen-bond donors (Lipinski definition) is 1. The van der Waals surface area contributed by atoms with E-state index in [1.807, 2.05) is 0 Å². The van der Waals surface area contributed by atoms with Gasteiger partial charge in [-0.3, -0.25) is 4.79 Å². The van der Waals surface area contributed by atoms with Gasteiger partial charge in [0.1, 0.15) is 0 Å². The van der Waals surface area contributed by atoms with Crippen molar-refractivity contribution < 1.29 is 4.79 Å². The van der Waals surface area contributed by atoms with Gasteiger partial charge in [0.05, 0.1) is 9.21 Å². The van der Waals surface area contributed by atoms with Gasteiger partial charge in [-0.15, -0.1) is 11.3 Å². The molecule has 1 aliphatic carbocycles. The van der Waals surface area contributed by atoms with Gasteiger partial charge in [0.25, 0.3) is 5.91 Å². The fraction of sp³-hybridized carbons (Fsp3) is 0.444. The first-order valence-electron chi connectivity index (χ1n) is 4.32. The van der Waals surface area contributed by atoms with Crippen molar-refractivity contribution in [2.75, 3.05) is 0 Å². The fourth-order valence-corrected chi connectivity index (χ4v) is 2.19. The zero-order chi connectivity index (χ0) is 9.26. The van der Waals surface area contributed by atoms with Crippen LogP contribution in [-0.4, -0.2) is 11.9 Å². The summed E-state index contributed by atoms with van der Waals surface area (Å²) in [5.74, 6) is 0.0154. The first-order chi connectivity index (χ1) is 6.25. The average Bonchev–Trinajstić information content (AvgIpc) is 2.44. The van der Waals surface area contributed by atoms with Gasteiger partial charge in [-0.25, -0.2) is 0 Å². The Morgan fingerprint density at radius 3 is 2.77 bits per heavy atom. The highest BCUT2D eigenvalue weighted by atomic mass is 35.5. The van der Waals surface area contributed by atoms with Gasteiger partial charge in [-0.05, 0) is 31.4 Å². The number of halogens is 1. The lowest BCUT2D eigenvalue weighted by atomic mass is 9.93. The van der Waals surface area contributed by atoms with Crippen LogP contribution in [0.1, 0.15) is 28.9 Å². The van der Waals surface area contributed by atoms with E-state index >= 15 is 0 Å². The molecule has 1 amide bonds. The average molecular weight is 216 g/mol. The van der Waals surface area contributed by atoms with Gasteiger partial charge in [-0.2, -0.15) is 0 Å². The van der Waals surface area contributed by atoms with Crippen LogP contribution in [0.15, 0.2) is 12.1 Å². The summed E-state index contributed by atoms with van der Waals surface area (Å²) >= 11 is 7.05. The molecule has 2 rings (SSSR count). The summed E-state index contributed by atoms with van der Waals surface area (Å²) in [6.07, 6.45) is 3.46. The molecular weight excluding hydrogens is 206 g/mol. The third-order valence-corrected chi connectivity index (χ3v) is 3.47. The monoisotopic (exact) mass is 215 g/mol. The molecule has 4 heteroatoms. The lowest BCUT2D eigenvalue weighted by Gasteiger charge is -2.25. The van der Waals surface area contributed by atoms with Crippen molar-refractivity contribution in [2.24, 2.45) is 0 Å². The molecule has 1 saturated carbocycles. The number of rotatable bonds is 2. The van der Waals surface area contributed by atoms with E-state index in [4.69, 9.17) is 11.6 Å². The maximum Gasteiger partial charge on any atom is 0.261 e. The number of carbonyl (C=O) groups excluding carboxylic acids is 1. The van der Waals surface area contributed by atoms with Gasteiger partial charge in [0.15, 0.2) is 0 Å². The van der Waals surface area contributed by atoms with E-state index in [2.05, 4.69) is 5.32 Å². The van der Waals surface area contributed by atoms with Crippen LogP contribution in [0, 0.1) is 0 Å². The minimum absolute atomic E-state index is 0.0154. The van der Waals surface area contributed by atoms with Crippen LogP contribution in [0.2, 0.25) is 4.34 Å². The largest absolute Gasteiger partial charge is 0.349 e. The van der Waals surface area contributed by atoms with E-state index in [0.29, 0.717) is 15.3 Å². The molecule has 0 saturated heterocycles. The SMILES string of the molecule is O=C(NC1CCC1)c1ccc(Cl)s1. The van der Waals surface area contributed by atoms with E-state index in [-0.39, 0.29) is 5.91 Å². The summed E-state index contributed by atoms with van der Waals surface area (Å²) < 4.78 is 0.666. The third kappa shape index (κ3) is 2.03. The predicted molar refractivity (Wildman–Crippen MR) is 54.4 cm³/mol. The fourth-order valence-electron chi connectivity index (χ4n) is 1.25. The first kappa shape index (κ1) is 9.03. The summed E-state index contributed by atoms with van der Waals surface area (Å²) in [6.45, 7) is 0. The highest BCUT2D eigenvalue weighted by molar-refractivity contribution is 7.17. The Balaban J connectivity index is 1.96. The minimum Gasteiger partial charge on any atom is -0.349 e. The molecule has 0 aliphatic heterocycles. The zero-order valence-corrected chi connectivity index (χ0v) is 8.62. The van der Waals surface area contributed by atoms with Crippen molar-refractivity contribution >= 4 is 28.8 Å². The Morgan fingerprint density at radius 1 is 1.54 bits per heavy atom. The van der Waals surface area contributed by atoms with E-state index < -0.39 is 0 Å². The van der Waals surface area contributed by atoms with E-state index in [9.17, 15) is 4.79 Å². The Labute approximate surface area is 85.9 Å². The standard InChI is InChI=1S/C9H10ClNOS/c10-8-5-4-7(13-8)9(12)11-6-2-1-3-6/h4-6H,1-3H2,(H,11,12). The van der Waals surface area contributed by atoms with Crippen LogP contribution in [0.3, 0.4) is 0 Å². The topological polar surface area (TPSA) is 29.1 Å². The van der Waals surface area contributed by atoms with Crippen molar-refractivity contribution in [1.29, 1.82) is 0 Å². The molecule has 1 aromatic rings. The van der Waals surface area contributed by atoms with Crippen LogP contribution in [0.5, 0.6) is 0 Å². The Bertz CT molecular complexity index is 319. The molecule has 1 aromatic heterocycles. The molecule has 0 atom stereocenters. The summed E-state index contributed by atoms with van der Waals surface area (Å²) in [5.41, 5.74) is 0. The molecule has 0 bridgehead atoms. The molecule has 0 aromatic carbocycles. The van der Waals surface area contributed by atoms with E-state index in [1.54, 1.807) is 12.1 Å². The predicted octanol–water partition coefficient (Wildman–Crippen LogP) is 2.68. The Kier molecular flexibility index (Phi) is 2.56. The smallest absolute Gasteiger partial charge is 0.261 e. The van der Waals surface area contributed by atoms with Crippen LogP contribution < -0.4 is 5.32 Å². The third-order valence-electron chi connectivity index (χ3n) is 2.24. The highest BCUT2D eigenvalue weighted by Crippen LogP contribution is 2.23. The second-order valence-corrected chi connectivity index (χ2v) is 4.92. The highest BCUT2D eigenvalue weighted by Gasteiger charge is 2.20. The molecule has 1 N–H and O–H groups in total. The normalized spacial score (nSPS) is 16.7. The molecule has 0 spiro atoms. The number of nitrogens with one attached hydrogen (secondary N) is 1. The van der Waals surface area contributed by atoms with Gasteiger partial charge >= 0.3 is 0 Å². The van der Waals surface area contributed by atoms with Crippen molar-refractivity contribution in [3.8, 4) is 0 Å². The van der Waals surface area contributed by atoms with Crippen LogP contribution in [0.25, 0.3) is 0 Å². The van der Waals surface area contributed by atoms with E-state index in [0.717, 1.165) is 12.8 Å². The second kappa shape index (κ2) is 3.68. The maximum atomic E-state index is 11.5. The molecule has 70 valence electrons. The quantitative estimate of drug-likeness (QED) is 0.808. The maximum absolute atomic E-state index is 11.5. The first-order valence-corrected chi connectivity index (χ1v) is 5.51. The van der Waals surface area contributed by atoms with Gasteiger partial charge in [0.2, 0.25) is 0 Å². The Morgan fingerprint density at radius 2 is 2.31 bits per heavy atom. The lowest BCUT2D eigenvalue weighted by molar-refractivity contribution is 0.0921. The zero-order valence-electron chi connectivity index (χ0n) is 7.05. The summed E-state index contributed by atoms with van der Waals surface area (Å²) in [4.78, 5) is 12.2. The molecule has 2 nitrogen and oxygen atoms in total. The summed E-state index contributed by atoms with van der Waals surface area (Å²) in [6, 6.07) is 3.91. The number of amides is 1. The van der Waals surface area contributed by atoms with E-state index in [1.165, 1.54) is 17.8 Å². The molecule has 1 heterocycles. The number of carbonyl (C=O) groups is 1. The molecule has 13 heavy (non-hydrogen) atoms.